The van der Waals surface area contributed by atoms with Crippen molar-refractivity contribution in [1.82, 2.24) is 20.1 Å². The predicted molar refractivity (Wildman–Crippen MR) is 65.8 cm³/mol. The molecule has 18 heavy (non-hydrogen) atoms. The topological polar surface area (TPSA) is 80.0 Å². The first-order chi connectivity index (χ1) is 8.66. The van der Waals surface area contributed by atoms with Crippen molar-refractivity contribution in [3.63, 3.8) is 0 Å². The third-order valence-corrected chi connectivity index (χ3v) is 3.72. The summed E-state index contributed by atoms with van der Waals surface area (Å²) in [4.78, 5) is 10.8. The van der Waals surface area contributed by atoms with E-state index in [1.165, 1.54) is 0 Å². The van der Waals surface area contributed by atoms with Crippen molar-refractivity contribution in [1.29, 1.82) is 0 Å². The molecule has 0 radical (unpaired) electrons. The maximum absolute atomic E-state index is 10.8. The van der Waals surface area contributed by atoms with Gasteiger partial charge in [-0.05, 0) is 38.1 Å². The van der Waals surface area contributed by atoms with Crippen molar-refractivity contribution in [2.24, 2.45) is 18.9 Å². The van der Waals surface area contributed by atoms with Gasteiger partial charge in [-0.25, -0.2) is 0 Å². The van der Waals surface area contributed by atoms with Crippen molar-refractivity contribution >= 4 is 5.97 Å². The van der Waals surface area contributed by atoms with Crippen molar-refractivity contribution < 1.29 is 9.90 Å². The standard InChI is InChI=1S/C12H20N4O2/c1-16-8-14-15-11(16)7-13-6-9-2-4-10(5-3-9)12(17)18/h8-10,13H,2-7H2,1H3,(H,17,18). The highest BCUT2D eigenvalue weighted by Gasteiger charge is 2.25. The van der Waals surface area contributed by atoms with Crippen LogP contribution < -0.4 is 5.32 Å². The second-order valence-electron chi connectivity index (χ2n) is 5.04. The van der Waals surface area contributed by atoms with E-state index in [9.17, 15) is 4.79 Å². The lowest BCUT2D eigenvalue weighted by Gasteiger charge is -2.26. The Morgan fingerprint density at radius 3 is 2.78 bits per heavy atom. The van der Waals surface area contributed by atoms with Gasteiger partial charge in [-0.15, -0.1) is 10.2 Å². The number of aromatic nitrogens is 3. The van der Waals surface area contributed by atoms with Crippen molar-refractivity contribution in [2.45, 2.75) is 32.2 Å². The summed E-state index contributed by atoms with van der Waals surface area (Å²) in [5, 5.41) is 20.1. The van der Waals surface area contributed by atoms with Gasteiger partial charge in [-0.3, -0.25) is 4.79 Å². The van der Waals surface area contributed by atoms with Crippen LogP contribution in [-0.4, -0.2) is 32.4 Å². The van der Waals surface area contributed by atoms with E-state index in [0.717, 1.165) is 44.6 Å². The van der Waals surface area contributed by atoms with E-state index < -0.39 is 5.97 Å². The van der Waals surface area contributed by atoms with Gasteiger partial charge < -0.3 is 15.0 Å². The fourth-order valence-electron chi connectivity index (χ4n) is 2.47. The molecule has 0 saturated heterocycles. The minimum absolute atomic E-state index is 0.125. The molecule has 6 nitrogen and oxygen atoms in total. The van der Waals surface area contributed by atoms with Crippen LogP contribution in [0.4, 0.5) is 0 Å². The van der Waals surface area contributed by atoms with Gasteiger partial charge in [0.15, 0.2) is 0 Å². The van der Waals surface area contributed by atoms with E-state index in [0.29, 0.717) is 5.92 Å². The van der Waals surface area contributed by atoms with Crippen LogP contribution in [0.2, 0.25) is 0 Å². The first kappa shape index (κ1) is 13.0. The van der Waals surface area contributed by atoms with Gasteiger partial charge in [-0.2, -0.15) is 0 Å². The molecule has 2 rings (SSSR count). The van der Waals surface area contributed by atoms with Crippen LogP contribution >= 0.6 is 0 Å². The Hall–Kier alpha value is -1.43. The summed E-state index contributed by atoms with van der Waals surface area (Å²) in [6, 6.07) is 0. The van der Waals surface area contributed by atoms with Crippen LogP contribution in [0, 0.1) is 11.8 Å². The zero-order valence-corrected chi connectivity index (χ0v) is 10.7. The summed E-state index contributed by atoms with van der Waals surface area (Å²) >= 11 is 0. The second kappa shape index (κ2) is 5.95. The molecule has 1 saturated carbocycles. The second-order valence-corrected chi connectivity index (χ2v) is 5.04. The summed E-state index contributed by atoms with van der Waals surface area (Å²) in [7, 11) is 1.93. The molecule has 0 aliphatic heterocycles. The van der Waals surface area contributed by atoms with E-state index in [2.05, 4.69) is 15.5 Å². The number of aliphatic carboxylic acids is 1. The Labute approximate surface area is 106 Å². The molecular formula is C12H20N4O2. The molecule has 1 aromatic heterocycles. The molecule has 0 aromatic carbocycles. The number of aryl methyl sites for hydroxylation is 1. The lowest BCUT2D eigenvalue weighted by molar-refractivity contribution is -0.143. The molecule has 1 fully saturated rings. The van der Waals surface area contributed by atoms with E-state index in [1.54, 1.807) is 6.33 Å². The Kier molecular flexibility index (Phi) is 4.30. The van der Waals surface area contributed by atoms with Gasteiger partial charge in [0.1, 0.15) is 12.2 Å². The Morgan fingerprint density at radius 2 is 2.22 bits per heavy atom. The summed E-state index contributed by atoms with van der Waals surface area (Å²) in [5.41, 5.74) is 0. The third-order valence-electron chi connectivity index (χ3n) is 3.72. The molecule has 0 spiro atoms. The summed E-state index contributed by atoms with van der Waals surface area (Å²) in [5.74, 6) is 0.753. The number of nitrogens with one attached hydrogen (secondary N) is 1. The lowest BCUT2D eigenvalue weighted by atomic mass is 9.82. The number of carboxylic acid groups (broad SMARTS) is 1. The Morgan fingerprint density at radius 1 is 1.50 bits per heavy atom. The normalized spacial score (nSPS) is 24.1. The molecule has 0 amide bonds. The molecule has 0 unspecified atom stereocenters. The predicted octanol–water partition coefficient (Wildman–Crippen LogP) is 0.796. The highest BCUT2D eigenvalue weighted by molar-refractivity contribution is 5.69. The number of rotatable bonds is 5. The molecule has 0 bridgehead atoms. The van der Waals surface area contributed by atoms with Gasteiger partial charge in [0.25, 0.3) is 0 Å². The van der Waals surface area contributed by atoms with Crippen LogP contribution in [0.3, 0.4) is 0 Å². The largest absolute Gasteiger partial charge is 0.481 e. The molecule has 1 aliphatic rings. The van der Waals surface area contributed by atoms with Crippen LogP contribution in [0.5, 0.6) is 0 Å². The smallest absolute Gasteiger partial charge is 0.306 e. The first-order valence-corrected chi connectivity index (χ1v) is 6.43. The van der Waals surface area contributed by atoms with Gasteiger partial charge in [0.05, 0.1) is 12.5 Å². The Bertz CT molecular complexity index is 397. The van der Waals surface area contributed by atoms with Gasteiger partial charge in [0.2, 0.25) is 0 Å². The highest BCUT2D eigenvalue weighted by atomic mass is 16.4. The van der Waals surface area contributed by atoms with E-state index in [1.807, 2.05) is 11.6 Å². The minimum Gasteiger partial charge on any atom is -0.481 e. The zero-order chi connectivity index (χ0) is 13.0. The van der Waals surface area contributed by atoms with Crippen molar-refractivity contribution in [3.05, 3.63) is 12.2 Å². The molecule has 0 atom stereocenters. The fourth-order valence-corrected chi connectivity index (χ4v) is 2.47. The average molecular weight is 252 g/mol. The molecule has 100 valence electrons. The van der Waals surface area contributed by atoms with E-state index in [-0.39, 0.29) is 5.92 Å². The highest BCUT2D eigenvalue weighted by Crippen LogP contribution is 2.28. The van der Waals surface area contributed by atoms with E-state index in [4.69, 9.17) is 5.11 Å². The van der Waals surface area contributed by atoms with E-state index >= 15 is 0 Å². The van der Waals surface area contributed by atoms with Gasteiger partial charge >= 0.3 is 5.97 Å². The average Bonchev–Trinajstić information content (AvgIpc) is 2.76. The van der Waals surface area contributed by atoms with Crippen LogP contribution in [0.15, 0.2) is 6.33 Å². The quantitative estimate of drug-likeness (QED) is 0.810. The molecule has 1 heterocycles. The fraction of sp³-hybridized carbons (Fsp3) is 0.750. The van der Waals surface area contributed by atoms with Crippen molar-refractivity contribution in [3.8, 4) is 0 Å². The summed E-state index contributed by atoms with van der Waals surface area (Å²) in [6.07, 6.45) is 5.32. The first-order valence-electron chi connectivity index (χ1n) is 6.43. The number of hydrogen-bond donors (Lipinski definition) is 2. The maximum atomic E-state index is 10.8. The molecule has 1 aromatic rings. The third kappa shape index (κ3) is 3.29. The van der Waals surface area contributed by atoms with Crippen molar-refractivity contribution in [2.75, 3.05) is 6.54 Å². The zero-order valence-electron chi connectivity index (χ0n) is 10.7. The maximum Gasteiger partial charge on any atom is 0.306 e. The van der Waals surface area contributed by atoms with Crippen LogP contribution in [0.1, 0.15) is 31.5 Å². The Balaban J connectivity index is 1.67. The van der Waals surface area contributed by atoms with Gasteiger partial charge in [-0.1, -0.05) is 0 Å². The number of hydrogen-bond acceptors (Lipinski definition) is 4. The molecular weight excluding hydrogens is 232 g/mol. The number of nitrogens with zero attached hydrogens (tertiary/aromatic N) is 3. The molecule has 6 heteroatoms. The SMILES string of the molecule is Cn1cnnc1CNCC1CCC(C(=O)O)CC1. The number of carboxylic acids is 1. The number of carbonyl (C=O) groups is 1. The molecule has 2 N–H and O–H groups in total. The lowest BCUT2D eigenvalue weighted by Crippen LogP contribution is -2.29. The van der Waals surface area contributed by atoms with Gasteiger partial charge in [0, 0.05) is 7.05 Å². The minimum atomic E-state index is -0.638. The monoisotopic (exact) mass is 252 g/mol. The van der Waals surface area contributed by atoms with Crippen LogP contribution in [0.25, 0.3) is 0 Å². The summed E-state index contributed by atoms with van der Waals surface area (Å²) in [6.45, 7) is 1.65. The summed E-state index contributed by atoms with van der Waals surface area (Å²) < 4.78 is 1.90. The molecule has 1 aliphatic carbocycles. The van der Waals surface area contributed by atoms with Crippen LogP contribution in [-0.2, 0) is 18.4 Å².